The minimum absolute atomic E-state index is 0.625. The summed E-state index contributed by atoms with van der Waals surface area (Å²) in [4.78, 5) is 0. The largest absolute Gasteiger partial charge is 0.497 e. The minimum atomic E-state index is -0.750. The molecule has 0 aliphatic carbocycles. The van der Waals surface area contributed by atoms with Gasteiger partial charge in [0.15, 0.2) is 0 Å². The monoisotopic (exact) mass is 210 g/mol. The Balaban J connectivity index is 0.000000583. The van der Waals surface area contributed by atoms with Gasteiger partial charge in [0, 0.05) is 0 Å². The van der Waals surface area contributed by atoms with Crippen molar-refractivity contribution in [2.45, 2.75) is 26.2 Å². The summed E-state index contributed by atoms with van der Waals surface area (Å²) in [6, 6.07) is 8.27. The molecule has 1 aromatic rings. The van der Waals surface area contributed by atoms with E-state index in [0.29, 0.717) is 5.92 Å². The fraction of sp³-hybridized carbons (Fsp3) is 0.455. The number of hydrogen-bond donors (Lipinski definition) is 2. The lowest BCUT2D eigenvalue weighted by molar-refractivity contribution is 0.414. The molecule has 0 aromatic heterocycles. The van der Waals surface area contributed by atoms with Crippen molar-refractivity contribution in [1.29, 1.82) is 0 Å². The van der Waals surface area contributed by atoms with Crippen molar-refractivity contribution in [1.82, 2.24) is 0 Å². The van der Waals surface area contributed by atoms with E-state index in [1.54, 1.807) is 7.11 Å². The molecule has 4 heteroatoms. The molecule has 15 heavy (non-hydrogen) atoms. The standard InChI is InChI=1S/C11H16O.BH3O2/c1-4-9(2)10-6-5-7-11(8-10)12-3;2-1-3/h5-9H,4H2,1-3H3;1-3H. The molecule has 0 saturated heterocycles. The molecule has 1 atom stereocenters. The first-order valence-corrected chi connectivity index (χ1v) is 5.05. The fourth-order valence-electron chi connectivity index (χ4n) is 1.18. The maximum Gasteiger partial charge on any atom is 0.432 e. The smallest absolute Gasteiger partial charge is 0.432 e. The van der Waals surface area contributed by atoms with Gasteiger partial charge in [-0.1, -0.05) is 26.0 Å². The second-order valence-corrected chi connectivity index (χ2v) is 3.23. The van der Waals surface area contributed by atoms with Crippen LogP contribution >= 0.6 is 0 Å². The Morgan fingerprint density at radius 1 is 1.40 bits per heavy atom. The first-order chi connectivity index (χ1) is 7.19. The summed E-state index contributed by atoms with van der Waals surface area (Å²) in [5.74, 6) is 1.58. The van der Waals surface area contributed by atoms with Crippen molar-refractivity contribution in [3.8, 4) is 5.75 Å². The number of methoxy groups -OCH3 is 1. The van der Waals surface area contributed by atoms with Gasteiger partial charge in [0.2, 0.25) is 0 Å². The maximum atomic E-state index is 7.12. The fourth-order valence-corrected chi connectivity index (χ4v) is 1.18. The van der Waals surface area contributed by atoms with Crippen LogP contribution in [0.1, 0.15) is 31.7 Å². The second-order valence-electron chi connectivity index (χ2n) is 3.23. The Hall–Kier alpha value is -0.995. The van der Waals surface area contributed by atoms with Gasteiger partial charge in [-0.25, -0.2) is 0 Å². The van der Waals surface area contributed by atoms with Gasteiger partial charge in [-0.2, -0.15) is 0 Å². The lowest BCUT2D eigenvalue weighted by atomic mass is 9.99. The van der Waals surface area contributed by atoms with Gasteiger partial charge >= 0.3 is 7.69 Å². The van der Waals surface area contributed by atoms with Crippen molar-refractivity contribution in [3.63, 3.8) is 0 Å². The van der Waals surface area contributed by atoms with Crippen LogP contribution in [-0.4, -0.2) is 24.8 Å². The highest BCUT2D eigenvalue weighted by Crippen LogP contribution is 2.22. The summed E-state index contributed by atoms with van der Waals surface area (Å²) in [5, 5.41) is 14.2. The molecular formula is C11H19BO3. The molecular weight excluding hydrogens is 191 g/mol. The molecule has 1 unspecified atom stereocenters. The van der Waals surface area contributed by atoms with Crippen LogP contribution in [0.3, 0.4) is 0 Å². The van der Waals surface area contributed by atoms with E-state index in [4.69, 9.17) is 14.8 Å². The Labute approximate surface area is 92.0 Å². The van der Waals surface area contributed by atoms with Crippen LogP contribution in [0.5, 0.6) is 5.75 Å². The highest BCUT2D eigenvalue weighted by Gasteiger charge is 2.02. The number of ether oxygens (including phenoxy) is 1. The van der Waals surface area contributed by atoms with Gasteiger partial charge in [0.1, 0.15) is 5.75 Å². The van der Waals surface area contributed by atoms with Crippen molar-refractivity contribution < 1.29 is 14.8 Å². The Bertz CT molecular complexity index is 266. The van der Waals surface area contributed by atoms with Crippen LogP contribution in [0, 0.1) is 0 Å². The number of hydrogen-bond acceptors (Lipinski definition) is 3. The molecule has 0 radical (unpaired) electrons. The molecule has 84 valence electrons. The van der Waals surface area contributed by atoms with Gasteiger partial charge in [-0.05, 0) is 30.0 Å². The van der Waals surface area contributed by atoms with Gasteiger partial charge in [0.25, 0.3) is 0 Å². The van der Waals surface area contributed by atoms with Crippen LogP contribution in [0.2, 0.25) is 0 Å². The summed E-state index contributed by atoms with van der Waals surface area (Å²) in [6.45, 7) is 4.43. The average molecular weight is 210 g/mol. The summed E-state index contributed by atoms with van der Waals surface area (Å²) in [7, 11) is 0.954. The summed E-state index contributed by atoms with van der Waals surface area (Å²) in [6.07, 6.45) is 1.17. The van der Waals surface area contributed by atoms with Crippen LogP contribution < -0.4 is 4.74 Å². The molecule has 1 aromatic carbocycles. The zero-order valence-corrected chi connectivity index (χ0v) is 9.60. The van der Waals surface area contributed by atoms with Gasteiger partial charge in [-0.15, -0.1) is 0 Å². The molecule has 0 heterocycles. The first-order valence-electron chi connectivity index (χ1n) is 5.05. The molecule has 0 bridgehead atoms. The van der Waals surface area contributed by atoms with Gasteiger partial charge in [-0.3, -0.25) is 0 Å². The molecule has 0 spiro atoms. The Morgan fingerprint density at radius 3 is 2.47 bits per heavy atom. The van der Waals surface area contributed by atoms with Crippen molar-refractivity contribution >= 4 is 7.69 Å². The van der Waals surface area contributed by atoms with Crippen LogP contribution in [-0.2, 0) is 0 Å². The third-order valence-corrected chi connectivity index (χ3v) is 2.28. The van der Waals surface area contributed by atoms with E-state index < -0.39 is 7.69 Å². The molecule has 0 saturated carbocycles. The third-order valence-electron chi connectivity index (χ3n) is 2.28. The SMILES string of the molecule is CCC(C)c1cccc(OC)c1.OBO. The lowest BCUT2D eigenvalue weighted by Gasteiger charge is -2.09. The Morgan fingerprint density at radius 2 is 2.00 bits per heavy atom. The zero-order valence-electron chi connectivity index (χ0n) is 9.60. The van der Waals surface area contributed by atoms with E-state index in [-0.39, 0.29) is 0 Å². The minimum Gasteiger partial charge on any atom is -0.497 e. The first kappa shape index (κ1) is 14.0. The van der Waals surface area contributed by atoms with Crippen LogP contribution in [0.15, 0.2) is 24.3 Å². The van der Waals surface area contributed by atoms with E-state index >= 15 is 0 Å². The van der Waals surface area contributed by atoms with E-state index in [2.05, 4.69) is 26.0 Å². The van der Waals surface area contributed by atoms with Crippen LogP contribution in [0.25, 0.3) is 0 Å². The molecule has 2 N–H and O–H groups in total. The van der Waals surface area contributed by atoms with Gasteiger partial charge in [0.05, 0.1) is 7.11 Å². The quantitative estimate of drug-likeness (QED) is 0.742. The molecule has 1 rings (SSSR count). The van der Waals surface area contributed by atoms with E-state index in [1.807, 2.05) is 12.1 Å². The van der Waals surface area contributed by atoms with E-state index in [1.165, 1.54) is 12.0 Å². The third kappa shape index (κ3) is 5.45. The van der Waals surface area contributed by atoms with Gasteiger partial charge < -0.3 is 14.8 Å². The topological polar surface area (TPSA) is 49.7 Å². The Kier molecular flexibility index (Phi) is 7.77. The highest BCUT2D eigenvalue weighted by atomic mass is 16.5. The van der Waals surface area contributed by atoms with Crippen molar-refractivity contribution in [3.05, 3.63) is 29.8 Å². The predicted molar refractivity (Wildman–Crippen MR) is 63.3 cm³/mol. The van der Waals surface area contributed by atoms with Crippen molar-refractivity contribution in [2.75, 3.05) is 7.11 Å². The van der Waals surface area contributed by atoms with E-state index in [9.17, 15) is 0 Å². The van der Waals surface area contributed by atoms with E-state index in [0.717, 1.165) is 5.75 Å². The number of benzene rings is 1. The average Bonchev–Trinajstić information content (AvgIpc) is 2.29. The lowest BCUT2D eigenvalue weighted by Crippen LogP contribution is -1.91. The second kappa shape index (κ2) is 8.32. The molecule has 0 fully saturated rings. The molecule has 0 aliphatic rings. The summed E-state index contributed by atoms with van der Waals surface area (Å²) < 4.78 is 5.15. The molecule has 3 nitrogen and oxygen atoms in total. The highest BCUT2D eigenvalue weighted by molar-refractivity contribution is 6.13. The van der Waals surface area contributed by atoms with Crippen LogP contribution in [0.4, 0.5) is 0 Å². The summed E-state index contributed by atoms with van der Waals surface area (Å²) >= 11 is 0. The summed E-state index contributed by atoms with van der Waals surface area (Å²) in [5.41, 5.74) is 1.36. The predicted octanol–water partition coefficient (Wildman–Crippen LogP) is 1.45. The normalized spacial score (nSPS) is 11.0. The number of rotatable bonds is 3. The maximum absolute atomic E-state index is 7.12. The zero-order chi connectivity index (χ0) is 11.7. The molecule has 0 amide bonds. The molecule has 0 aliphatic heterocycles. The van der Waals surface area contributed by atoms with Crippen molar-refractivity contribution in [2.24, 2.45) is 0 Å².